The molecular formula is C7H10F3N5O2. The summed E-state index contributed by atoms with van der Waals surface area (Å²) in [5.74, 6) is 4.98. The van der Waals surface area contributed by atoms with Gasteiger partial charge < -0.3 is 9.47 Å². The van der Waals surface area contributed by atoms with Crippen molar-refractivity contribution in [2.45, 2.75) is 12.6 Å². The summed E-state index contributed by atoms with van der Waals surface area (Å²) in [6.07, 6.45) is -5.40. The van der Waals surface area contributed by atoms with Crippen LogP contribution < -0.4 is 20.7 Å². The van der Waals surface area contributed by atoms with Crippen LogP contribution in [0.4, 0.5) is 19.1 Å². The molecule has 0 aliphatic heterocycles. The number of alkyl halides is 3. The highest BCUT2D eigenvalue weighted by atomic mass is 19.4. The summed E-state index contributed by atoms with van der Waals surface area (Å²) in [6, 6.07) is -0.413. The number of nitrogen functional groups attached to an aromatic ring is 1. The van der Waals surface area contributed by atoms with Gasteiger partial charge in [0.05, 0.1) is 13.5 Å². The number of aromatic nitrogens is 3. The minimum atomic E-state index is -4.30. The molecular weight excluding hydrogens is 243 g/mol. The molecule has 7 nitrogen and oxygen atoms in total. The van der Waals surface area contributed by atoms with Crippen LogP contribution in [0.1, 0.15) is 6.42 Å². The first-order valence-corrected chi connectivity index (χ1v) is 4.41. The van der Waals surface area contributed by atoms with E-state index in [-0.39, 0.29) is 18.0 Å². The Morgan fingerprint density at radius 2 is 1.88 bits per heavy atom. The average Bonchev–Trinajstić information content (AvgIpc) is 2.26. The van der Waals surface area contributed by atoms with Gasteiger partial charge in [-0.1, -0.05) is 0 Å². The number of nitrogens with one attached hydrogen (secondary N) is 1. The van der Waals surface area contributed by atoms with Gasteiger partial charge in [-0.15, -0.1) is 4.98 Å². The minimum absolute atomic E-state index is 0.0705. The van der Waals surface area contributed by atoms with Crippen LogP contribution in [0.5, 0.6) is 12.0 Å². The third-order valence-electron chi connectivity index (χ3n) is 1.52. The van der Waals surface area contributed by atoms with Crippen molar-refractivity contribution in [2.24, 2.45) is 5.84 Å². The number of ether oxygens (including phenoxy) is 2. The van der Waals surface area contributed by atoms with E-state index in [1.807, 2.05) is 0 Å². The monoisotopic (exact) mass is 253 g/mol. The Bertz CT molecular complexity index is 351. The van der Waals surface area contributed by atoms with E-state index in [1.165, 1.54) is 7.11 Å². The maximum atomic E-state index is 11.9. The summed E-state index contributed by atoms with van der Waals surface area (Å²) in [4.78, 5) is 10.8. The zero-order valence-electron chi connectivity index (χ0n) is 8.78. The average molecular weight is 253 g/mol. The number of rotatable bonds is 5. The highest BCUT2D eigenvalue weighted by Crippen LogP contribution is 2.20. The summed E-state index contributed by atoms with van der Waals surface area (Å²) >= 11 is 0. The molecule has 1 aromatic heterocycles. The van der Waals surface area contributed by atoms with Crippen molar-refractivity contribution in [1.82, 2.24) is 15.0 Å². The van der Waals surface area contributed by atoms with Crippen molar-refractivity contribution >= 4 is 5.95 Å². The largest absolute Gasteiger partial charge is 0.467 e. The Balaban J connectivity index is 2.64. The summed E-state index contributed by atoms with van der Waals surface area (Å²) in [7, 11) is 1.29. The Morgan fingerprint density at radius 1 is 1.24 bits per heavy atom. The predicted molar refractivity (Wildman–Crippen MR) is 50.4 cm³/mol. The van der Waals surface area contributed by atoms with Crippen LogP contribution in [-0.4, -0.2) is 34.8 Å². The van der Waals surface area contributed by atoms with Crippen LogP contribution >= 0.6 is 0 Å². The lowest BCUT2D eigenvalue weighted by Gasteiger charge is -2.08. The van der Waals surface area contributed by atoms with Gasteiger partial charge >= 0.3 is 18.2 Å². The fourth-order valence-corrected chi connectivity index (χ4v) is 0.816. The molecule has 0 aliphatic rings. The van der Waals surface area contributed by atoms with Gasteiger partial charge in [-0.3, -0.25) is 5.43 Å². The summed E-state index contributed by atoms with van der Waals surface area (Å²) in [6.45, 7) is -0.597. The van der Waals surface area contributed by atoms with Gasteiger partial charge in [0, 0.05) is 0 Å². The van der Waals surface area contributed by atoms with E-state index in [1.54, 1.807) is 0 Å². The predicted octanol–water partition coefficient (Wildman–Crippen LogP) is 0.497. The lowest BCUT2D eigenvalue weighted by Crippen LogP contribution is -2.16. The molecule has 0 atom stereocenters. The van der Waals surface area contributed by atoms with Gasteiger partial charge in [0.1, 0.15) is 6.61 Å². The van der Waals surface area contributed by atoms with Gasteiger partial charge in [0.2, 0.25) is 5.95 Å². The molecule has 1 aromatic rings. The first kappa shape index (κ1) is 13.2. The van der Waals surface area contributed by atoms with E-state index in [4.69, 9.17) is 10.6 Å². The summed E-state index contributed by atoms with van der Waals surface area (Å²) < 4.78 is 45.0. The van der Waals surface area contributed by atoms with Crippen molar-refractivity contribution in [3.8, 4) is 12.0 Å². The molecule has 1 rings (SSSR count). The number of nitrogens with zero attached hydrogens (tertiary/aromatic N) is 3. The summed E-state index contributed by atoms with van der Waals surface area (Å²) in [5, 5.41) is 0. The molecule has 0 fully saturated rings. The molecule has 0 saturated carbocycles. The zero-order valence-corrected chi connectivity index (χ0v) is 8.78. The fraction of sp³-hybridized carbons (Fsp3) is 0.571. The van der Waals surface area contributed by atoms with E-state index in [2.05, 4.69) is 25.1 Å². The van der Waals surface area contributed by atoms with Crippen molar-refractivity contribution in [3.63, 3.8) is 0 Å². The molecule has 10 heteroatoms. The third kappa shape index (κ3) is 4.68. The highest BCUT2D eigenvalue weighted by Gasteiger charge is 2.27. The Morgan fingerprint density at radius 3 is 2.41 bits per heavy atom. The quantitative estimate of drug-likeness (QED) is 0.582. The Labute approximate surface area is 94.1 Å². The molecule has 0 spiro atoms. The van der Waals surface area contributed by atoms with Crippen LogP contribution in [0.25, 0.3) is 0 Å². The second-order valence-electron chi connectivity index (χ2n) is 2.79. The molecule has 0 amide bonds. The van der Waals surface area contributed by atoms with E-state index < -0.39 is 19.2 Å². The molecule has 1 heterocycles. The highest BCUT2D eigenvalue weighted by molar-refractivity contribution is 5.25. The zero-order chi connectivity index (χ0) is 12.9. The normalized spacial score (nSPS) is 11.1. The van der Waals surface area contributed by atoms with Gasteiger partial charge in [-0.25, -0.2) is 5.84 Å². The first-order valence-electron chi connectivity index (χ1n) is 4.41. The number of halogens is 3. The Kier molecular flexibility index (Phi) is 4.26. The molecule has 96 valence electrons. The third-order valence-corrected chi connectivity index (χ3v) is 1.52. The van der Waals surface area contributed by atoms with Crippen LogP contribution in [0.2, 0.25) is 0 Å². The van der Waals surface area contributed by atoms with Crippen LogP contribution in [-0.2, 0) is 0 Å². The molecule has 0 radical (unpaired) electrons. The van der Waals surface area contributed by atoms with E-state index in [0.29, 0.717) is 0 Å². The van der Waals surface area contributed by atoms with Gasteiger partial charge in [-0.05, 0) is 0 Å². The van der Waals surface area contributed by atoms with Gasteiger partial charge in [0.15, 0.2) is 0 Å². The van der Waals surface area contributed by atoms with E-state index in [0.717, 1.165) is 0 Å². The SMILES string of the molecule is COc1nc(NN)nc(OCCC(F)(F)F)n1. The number of hydrogen-bond donors (Lipinski definition) is 2. The Hall–Kier alpha value is -1.84. The maximum absolute atomic E-state index is 11.9. The number of hydrogen-bond acceptors (Lipinski definition) is 7. The lowest BCUT2D eigenvalue weighted by molar-refractivity contribution is -0.139. The van der Waals surface area contributed by atoms with Crippen LogP contribution in [0.3, 0.4) is 0 Å². The van der Waals surface area contributed by atoms with E-state index in [9.17, 15) is 13.2 Å². The number of hydrazine groups is 1. The lowest BCUT2D eigenvalue weighted by atomic mass is 10.4. The van der Waals surface area contributed by atoms with Crippen LogP contribution in [0.15, 0.2) is 0 Å². The first-order chi connectivity index (χ1) is 7.94. The second-order valence-corrected chi connectivity index (χ2v) is 2.79. The fourth-order valence-electron chi connectivity index (χ4n) is 0.816. The molecule has 3 N–H and O–H groups in total. The molecule has 0 unspecified atom stereocenters. The topological polar surface area (TPSA) is 95.2 Å². The van der Waals surface area contributed by atoms with E-state index >= 15 is 0 Å². The number of anilines is 1. The maximum Gasteiger partial charge on any atom is 0.392 e. The number of nitrogens with two attached hydrogens (primary N) is 1. The number of methoxy groups -OCH3 is 1. The minimum Gasteiger partial charge on any atom is -0.467 e. The van der Waals surface area contributed by atoms with Crippen molar-refractivity contribution in [1.29, 1.82) is 0 Å². The van der Waals surface area contributed by atoms with Gasteiger partial charge in [0.25, 0.3) is 0 Å². The van der Waals surface area contributed by atoms with Gasteiger partial charge in [-0.2, -0.15) is 23.1 Å². The molecule has 0 aliphatic carbocycles. The second kappa shape index (κ2) is 5.48. The van der Waals surface area contributed by atoms with Crippen molar-refractivity contribution in [3.05, 3.63) is 0 Å². The molecule has 0 saturated heterocycles. The van der Waals surface area contributed by atoms with Crippen molar-refractivity contribution < 1.29 is 22.6 Å². The molecule has 17 heavy (non-hydrogen) atoms. The van der Waals surface area contributed by atoms with Crippen LogP contribution in [0, 0.1) is 0 Å². The summed E-state index contributed by atoms with van der Waals surface area (Å²) in [5.41, 5.74) is 2.10. The molecule has 0 aromatic carbocycles. The molecule has 0 bridgehead atoms. The standard InChI is InChI=1S/C7H10F3N5O2/c1-16-5-12-4(15-11)13-6(14-5)17-3-2-7(8,9)10/h2-3,11H2,1H3,(H,12,13,14,15). The van der Waals surface area contributed by atoms with Crippen molar-refractivity contribution in [2.75, 3.05) is 19.1 Å². The smallest absolute Gasteiger partial charge is 0.392 e.